The molecule has 1 aromatic carbocycles. The summed E-state index contributed by atoms with van der Waals surface area (Å²) in [7, 11) is 0. The van der Waals surface area contributed by atoms with Crippen molar-refractivity contribution in [2.75, 3.05) is 13.1 Å². The van der Waals surface area contributed by atoms with Crippen LogP contribution in [0, 0.1) is 5.92 Å². The number of rotatable bonds is 6. The zero-order valence-electron chi connectivity index (χ0n) is 12.7. The van der Waals surface area contributed by atoms with E-state index in [0.29, 0.717) is 24.6 Å². The Balaban J connectivity index is 2.38. The number of carbonyl (C=O) groups is 2. The summed E-state index contributed by atoms with van der Waals surface area (Å²) in [4.78, 5) is 23.2. The largest absolute Gasteiger partial charge is 0.354 e. The summed E-state index contributed by atoms with van der Waals surface area (Å²) in [6.45, 7) is 8.80. The number of carbonyl (C=O) groups excluding carboxylic acids is 2. The normalized spacial score (nSPS) is 10.7. The topological polar surface area (TPSA) is 58.2 Å². The van der Waals surface area contributed by atoms with Gasteiger partial charge in [-0.15, -0.1) is 0 Å². The predicted octanol–water partition coefficient (Wildman–Crippen LogP) is 2.31. The number of hydrogen-bond donors (Lipinski definition) is 2. The van der Waals surface area contributed by atoms with Crippen LogP contribution >= 0.6 is 0 Å². The lowest BCUT2D eigenvalue weighted by Crippen LogP contribution is -2.36. The van der Waals surface area contributed by atoms with Crippen LogP contribution in [0.15, 0.2) is 24.3 Å². The van der Waals surface area contributed by atoms with E-state index in [-0.39, 0.29) is 17.7 Å². The molecule has 0 aliphatic carbocycles. The zero-order chi connectivity index (χ0) is 15.1. The summed E-state index contributed by atoms with van der Waals surface area (Å²) in [5.41, 5.74) is 1.86. The third-order valence-corrected chi connectivity index (χ3v) is 3.07. The summed E-state index contributed by atoms with van der Waals surface area (Å²) in [5.74, 6) is 0.312. The van der Waals surface area contributed by atoms with Gasteiger partial charge >= 0.3 is 0 Å². The van der Waals surface area contributed by atoms with Gasteiger partial charge in [-0.25, -0.2) is 0 Å². The molecule has 0 spiro atoms. The molecule has 0 aliphatic heterocycles. The van der Waals surface area contributed by atoms with Crippen molar-refractivity contribution >= 4 is 11.8 Å². The van der Waals surface area contributed by atoms with E-state index in [1.54, 1.807) is 0 Å². The molecule has 1 aromatic rings. The van der Waals surface area contributed by atoms with Crippen LogP contribution in [-0.4, -0.2) is 24.9 Å². The number of nitrogens with one attached hydrogen (secondary N) is 2. The maximum atomic E-state index is 11.9. The highest BCUT2D eigenvalue weighted by molar-refractivity contribution is 5.94. The van der Waals surface area contributed by atoms with E-state index in [1.807, 2.05) is 38.1 Å². The lowest BCUT2D eigenvalue weighted by Gasteiger charge is -2.09. The summed E-state index contributed by atoms with van der Waals surface area (Å²) in [6, 6.07) is 7.61. The van der Waals surface area contributed by atoms with Crippen molar-refractivity contribution in [1.82, 2.24) is 10.6 Å². The van der Waals surface area contributed by atoms with Crippen molar-refractivity contribution in [3.8, 4) is 0 Å². The summed E-state index contributed by atoms with van der Waals surface area (Å²) < 4.78 is 0. The first-order valence-corrected chi connectivity index (χ1v) is 7.07. The SMILES string of the molecule is CC(C)C(=O)NCCNC(=O)c1ccc(C(C)C)cc1. The Bertz CT molecular complexity index is 450. The van der Waals surface area contributed by atoms with Gasteiger partial charge in [0.2, 0.25) is 5.91 Å². The standard InChI is InChI=1S/C16H24N2O2/c1-11(2)13-5-7-14(8-6-13)16(20)18-10-9-17-15(19)12(3)4/h5-8,11-12H,9-10H2,1-4H3,(H,17,19)(H,18,20). The van der Waals surface area contributed by atoms with Crippen molar-refractivity contribution in [3.63, 3.8) is 0 Å². The molecular weight excluding hydrogens is 252 g/mol. The smallest absolute Gasteiger partial charge is 0.251 e. The molecule has 0 bridgehead atoms. The van der Waals surface area contributed by atoms with Gasteiger partial charge in [0.25, 0.3) is 5.91 Å². The molecule has 0 aliphatic rings. The van der Waals surface area contributed by atoms with Crippen molar-refractivity contribution in [2.24, 2.45) is 5.92 Å². The van der Waals surface area contributed by atoms with Gasteiger partial charge in [0.05, 0.1) is 0 Å². The average Bonchev–Trinajstić information content (AvgIpc) is 2.43. The third kappa shape index (κ3) is 5.03. The molecule has 0 radical (unpaired) electrons. The van der Waals surface area contributed by atoms with Crippen LogP contribution in [0.2, 0.25) is 0 Å². The molecule has 20 heavy (non-hydrogen) atoms. The molecule has 0 heterocycles. The summed E-state index contributed by atoms with van der Waals surface area (Å²) in [5, 5.41) is 5.55. The minimum atomic E-state index is -0.112. The highest BCUT2D eigenvalue weighted by atomic mass is 16.2. The van der Waals surface area contributed by atoms with Gasteiger partial charge in [0, 0.05) is 24.6 Å². The first-order chi connectivity index (χ1) is 9.41. The molecule has 4 nitrogen and oxygen atoms in total. The number of hydrogen-bond acceptors (Lipinski definition) is 2. The highest BCUT2D eigenvalue weighted by Gasteiger charge is 2.07. The van der Waals surface area contributed by atoms with Crippen LogP contribution in [0.25, 0.3) is 0 Å². The van der Waals surface area contributed by atoms with Crippen LogP contribution in [0.3, 0.4) is 0 Å². The Morgan fingerprint density at radius 3 is 2.00 bits per heavy atom. The molecule has 2 N–H and O–H groups in total. The number of amides is 2. The Morgan fingerprint density at radius 1 is 0.950 bits per heavy atom. The van der Waals surface area contributed by atoms with Crippen LogP contribution in [0.5, 0.6) is 0 Å². The second-order valence-corrected chi connectivity index (χ2v) is 5.48. The van der Waals surface area contributed by atoms with Crippen molar-refractivity contribution in [2.45, 2.75) is 33.6 Å². The van der Waals surface area contributed by atoms with Crippen molar-refractivity contribution in [1.29, 1.82) is 0 Å². The Kier molecular flexibility index (Phi) is 6.22. The van der Waals surface area contributed by atoms with E-state index in [1.165, 1.54) is 5.56 Å². The molecule has 4 heteroatoms. The van der Waals surface area contributed by atoms with Gasteiger partial charge in [-0.1, -0.05) is 39.8 Å². The fourth-order valence-corrected chi connectivity index (χ4v) is 1.69. The van der Waals surface area contributed by atoms with E-state index >= 15 is 0 Å². The summed E-state index contributed by atoms with van der Waals surface area (Å²) in [6.07, 6.45) is 0. The van der Waals surface area contributed by atoms with Crippen LogP contribution < -0.4 is 10.6 Å². The molecule has 2 amide bonds. The predicted molar refractivity (Wildman–Crippen MR) is 80.7 cm³/mol. The fraction of sp³-hybridized carbons (Fsp3) is 0.500. The van der Waals surface area contributed by atoms with Crippen molar-refractivity contribution in [3.05, 3.63) is 35.4 Å². The van der Waals surface area contributed by atoms with E-state index in [4.69, 9.17) is 0 Å². The third-order valence-electron chi connectivity index (χ3n) is 3.07. The quantitative estimate of drug-likeness (QED) is 0.783. The van der Waals surface area contributed by atoms with E-state index in [9.17, 15) is 9.59 Å². The molecule has 0 unspecified atom stereocenters. The lowest BCUT2D eigenvalue weighted by molar-refractivity contribution is -0.123. The Morgan fingerprint density at radius 2 is 1.50 bits per heavy atom. The van der Waals surface area contributed by atoms with Gasteiger partial charge < -0.3 is 10.6 Å². The maximum Gasteiger partial charge on any atom is 0.251 e. The molecule has 0 saturated carbocycles. The summed E-state index contributed by atoms with van der Waals surface area (Å²) >= 11 is 0. The molecular formula is C16H24N2O2. The van der Waals surface area contributed by atoms with Gasteiger partial charge in [0.1, 0.15) is 0 Å². The van der Waals surface area contributed by atoms with Crippen LogP contribution in [0.4, 0.5) is 0 Å². The monoisotopic (exact) mass is 276 g/mol. The molecule has 1 rings (SSSR count). The van der Waals surface area contributed by atoms with E-state index < -0.39 is 0 Å². The van der Waals surface area contributed by atoms with Crippen LogP contribution in [0.1, 0.15) is 49.5 Å². The van der Waals surface area contributed by atoms with E-state index in [2.05, 4.69) is 24.5 Å². The lowest BCUT2D eigenvalue weighted by atomic mass is 10.0. The minimum absolute atomic E-state index is 0.000496. The Labute approximate surface area is 121 Å². The van der Waals surface area contributed by atoms with Gasteiger partial charge in [0.15, 0.2) is 0 Å². The van der Waals surface area contributed by atoms with Gasteiger partial charge in [-0.3, -0.25) is 9.59 Å². The molecule has 0 saturated heterocycles. The second kappa shape index (κ2) is 7.68. The molecule has 110 valence electrons. The maximum absolute atomic E-state index is 11.9. The fourth-order valence-electron chi connectivity index (χ4n) is 1.69. The molecule has 0 aromatic heterocycles. The number of benzene rings is 1. The highest BCUT2D eigenvalue weighted by Crippen LogP contribution is 2.14. The van der Waals surface area contributed by atoms with Gasteiger partial charge in [-0.2, -0.15) is 0 Å². The van der Waals surface area contributed by atoms with Crippen molar-refractivity contribution < 1.29 is 9.59 Å². The van der Waals surface area contributed by atoms with E-state index in [0.717, 1.165) is 0 Å². The van der Waals surface area contributed by atoms with Crippen LogP contribution in [-0.2, 0) is 4.79 Å². The first kappa shape index (κ1) is 16.2. The van der Waals surface area contributed by atoms with Gasteiger partial charge in [-0.05, 0) is 23.6 Å². The molecule has 0 atom stereocenters. The first-order valence-electron chi connectivity index (χ1n) is 7.07. The molecule has 0 fully saturated rings. The average molecular weight is 276 g/mol. The second-order valence-electron chi connectivity index (χ2n) is 5.48. The Hall–Kier alpha value is -1.84. The minimum Gasteiger partial charge on any atom is -0.354 e. The zero-order valence-corrected chi connectivity index (χ0v) is 12.7.